The van der Waals surface area contributed by atoms with Crippen LogP contribution in [-0.4, -0.2) is 18.5 Å². The number of benzene rings is 1. The number of ether oxygens (including phenoxy) is 1. The highest BCUT2D eigenvalue weighted by molar-refractivity contribution is 6.37. The second-order valence-corrected chi connectivity index (χ2v) is 7.45. The van der Waals surface area contributed by atoms with Gasteiger partial charge in [0.05, 0.1) is 28.5 Å². The van der Waals surface area contributed by atoms with E-state index >= 15 is 0 Å². The summed E-state index contributed by atoms with van der Waals surface area (Å²) in [5.74, 6) is 0.134. The smallest absolute Gasteiger partial charge is 0.166 e. The van der Waals surface area contributed by atoms with Crippen LogP contribution < -0.4 is 5.73 Å². The van der Waals surface area contributed by atoms with Crippen molar-refractivity contribution in [1.29, 1.82) is 0 Å². The van der Waals surface area contributed by atoms with Crippen molar-refractivity contribution >= 4 is 34.7 Å². The second-order valence-electron chi connectivity index (χ2n) is 6.64. The van der Waals surface area contributed by atoms with E-state index in [2.05, 4.69) is 13.8 Å². The summed E-state index contributed by atoms with van der Waals surface area (Å²) < 4.78 is 6.06. The zero-order chi connectivity index (χ0) is 18.4. The molecule has 138 valence electrons. The Labute approximate surface area is 160 Å². The topological polar surface area (TPSA) is 52.3 Å². The van der Waals surface area contributed by atoms with Crippen LogP contribution in [0.2, 0.25) is 10.0 Å². The van der Waals surface area contributed by atoms with Crippen LogP contribution in [0, 0.1) is 5.92 Å². The molecule has 0 bridgehead atoms. The van der Waals surface area contributed by atoms with Crippen molar-refractivity contribution < 1.29 is 9.53 Å². The van der Waals surface area contributed by atoms with Crippen LogP contribution in [-0.2, 0) is 9.53 Å². The van der Waals surface area contributed by atoms with Crippen molar-refractivity contribution in [2.75, 3.05) is 6.61 Å². The Morgan fingerprint density at radius 3 is 2.24 bits per heavy atom. The predicted molar refractivity (Wildman–Crippen MR) is 105 cm³/mol. The summed E-state index contributed by atoms with van der Waals surface area (Å²) in [5.41, 5.74) is 7.74. The minimum absolute atomic E-state index is 0.0641. The SMILES string of the molecule is CCCC(CCC)OC/C(C(=O)C1CC1)=C(/N)c1c(Cl)cccc1Cl. The van der Waals surface area contributed by atoms with Gasteiger partial charge >= 0.3 is 0 Å². The predicted octanol–water partition coefficient (Wildman–Crippen LogP) is 5.63. The van der Waals surface area contributed by atoms with Crippen LogP contribution in [0.4, 0.5) is 0 Å². The Morgan fingerprint density at radius 2 is 1.76 bits per heavy atom. The van der Waals surface area contributed by atoms with Gasteiger partial charge in [0.25, 0.3) is 0 Å². The van der Waals surface area contributed by atoms with E-state index in [0.717, 1.165) is 38.5 Å². The average molecular weight is 384 g/mol. The van der Waals surface area contributed by atoms with E-state index in [1.807, 2.05) is 0 Å². The molecule has 2 rings (SSSR count). The molecule has 25 heavy (non-hydrogen) atoms. The molecule has 5 heteroatoms. The number of Topliss-reactive ketones (excluding diaryl/α,β-unsaturated/α-hetero) is 1. The van der Waals surface area contributed by atoms with Gasteiger partial charge in [-0.1, -0.05) is 56.0 Å². The molecular weight excluding hydrogens is 357 g/mol. The number of hydrogen-bond donors (Lipinski definition) is 1. The van der Waals surface area contributed by atoms with Crippen LogP contribution >= 0.6 is 23.2 Å². The van der Waals surface area contributed by atoms with E-state index in [4.69, 9.17) is 33.7 Å². The maximum absolute atomic E-state index is 12.8. The van der Waals surface area contributed by atoms with Gasteiger partial charge in [0.2, 0.25) is 0 Å². The molecule has 0 heterocycles. The monoisotopic (exact) mass is 383 g/mol. The Morgan fingerprint density at radius 1 is 1.20 bits per heavy atom. The molecule has 0 aliphatic heterocycles. The molecule has 0 aromatic heterocycles. The number of nitrogens with two attached hydrogens (primary N) is 1. The highest BCUT2D eigenvalue weighted by Gasteiger charge is 2.34. The lowest BCUT2D eigenvalue weighted by Crippen LogP contribution is -2.21. The second kappa shape index (κ2) is 9.61. The maximum Gasteiger partial charge on any atom is 0.166 e. The molecule has 1 saturated carbocycles. The maximum atomic E-state index is 12.8. The molecule has 3 nitrogen and oxygen atoms in total. The summed E-state index contributed by atoms with van der Waals surface area (Å²) in [7, 11) is 0. The van der Waals surface area contributed by atoms with E-state index in [1.54, 1.807) is 18.2 Å². The molecule has 0 unspecified atom stereocenters. The normalized spacial score (nSPS) is 15.4. The van der Waals surface area contributed by atoms with E-state index in [1.165, 1.54) is 0 Å². The first-order valence-corrected chi connectivity index (χ1v) is 9.83. The standard InChI is InChI=1S/C20H27Cl2NO2/c1-3-6-14(7-4-2)25-12-15(20(24)13-10-11-13)19(23)18-16(21)8-5-9-17(18)22/h5,8-9,13-14H,3-4,6-7,10-12,23H2,1-2H3/b19-15-. The summed E-state index contributed by atoms with van der Waals surface area (Å²) in [4.78, 5) is 12.8. The summed E-state index contributed by atoms with van der Waals surface area (Å²) >= 11 is 12.6. The van der Waals surface area contributed by atoms with Crippen LogP contribution in [0.5, 0.6) is 0 Å². The van der Waals surface area contributed by atoms with Gasteiger partial charge < -0.3 is 10.5 Å². The van der Waals surface area contributed by atoms with Crippen molar-refractivity contribution in [3.63, 3.8) is 0 Å². The first-order valence-electron chi connectivity index (χ1n) is 9.08. The lowest BCUT2D eigenvalue weighted by atomic mass is 10.0. The summed E-state index contributed by atoms with van der Waals surface area (Å²) in [6, 6.07) is 5.22. The van der Waals surface area contributed by atoms with Gasteiger partial charge in [-0.2, -0.15) is 0 Å². The molecule has 0 amide bonds. The molecule has 0 atom stereocenters. The zero-order valence-electron chi connectivity index (χ0n) is 15.0. The molecule has 0 saturated heterocycles. The van der Waals surface area contributed by atoms with Gasteiger partial charge in [0.1, 0.15) is 0 Å². The van der Waals surface area contributed by atoms with Gasteiger partial charge in [0, 0.05) is 17.1 Å². The van der Waals surface area contributed by atoms with E-state index in [9.17, 15) is 4.79 Å². The fourth-order valence-corrected chi connectivity index (χ4v) is 3.54. The van der Waals surface area contributed by atoms with E-state index < -0.39 is 0 Å². The number of carbonyl (C=O) groups is 1. The Hall–Kier alpha value is -1.03. The van der Waals surface area contributed by atoms with E-state index in [0.29, 0.717) is 26.9 Å². The Balaban J connectivity index is 2.30. The number of halogens is 2. The van der Waals surface area contributed by atoms with Gasteiger partial charge in [0.15, 0.2) is 5.78 Å². The largest absolute Gasteiger partial charge is 0.398 e. The van der Waals surface area contributed by atoms with Crippen molar-refractivity contribution in [3.8, 4) is 0 Å². The third-order valence-electron chi connectivity index (χ3n) is 4.49. The Kier molecular flexibility index (Phi) is 7.80. The van der Waals surface area contributed by atoms with Crippen molar-refractivity contribution in [2.45, 2.75) is 58.5 Å². The minimum atomic E-state index is 0.0641. The molecular formula is C20H27Cl2NO2. The van der Waals surface area contributed by atoms with Crippen LogP contribution in [0.1, 0.15) is 57.9 Å². The quantitative estimate of drug-likeness (QED) is 0.532. The van der Waals surface area contributed by atoms with Crippen molar-refractivity contribution in [1.82, 2.24) is 0 Å². The molecule has 2 N–H and O–H groups in total. The average Bonchev–Trinajstić information content (AvgIpc) is 3.40. The van der Waals surface area contributed by atoms with Crippen LogP contribution in [0.15, 0.2) is 23.8 Å². The zero-order valence-corrected chi connectivity index (χ0v) is 16.5. The lowest BCUT2D eigenvalue weighted by molar-refractivity contribution is -0.117. The third kappa shape index (κ3) is 5.47. The van der Waals surface area contributed by atoms with Crippen LogP contribution in [0.25, 0.3) is 5.70 Å². The molecule has 1 aromatic rings. The number of rotatable bonds is 10. The molecule has 0 radical (unpaired) electrons. The fraction of sp³-hybridized carbons (Fsp3) is 0.550. The van der Waals surface area contributed by atoms with Gasteiger partial charge in [-0.15, -0.1) is 0 Å². The van der Waals surface area contributed by atoms with Gasteiger partial charge in [-0.05, 0) is 37.8 Å². The molecule has 1 aromatic carbocycles. The van der Waals surface area contributed by atoms with Crippen LogP contribution in [0.3, 0.4) is 0 Å². The lowest BCUT2D eigenvalue weighted by Gasteiger charge is -2.19. The summed E-state index contributed by atoms with van der Waals surface area (Å²) in [6.07, 6.45) is 6.03. The van der Waals surface area contributed by atoms with Crippen molar-refractivity contribution in [2.24, 2.45) is 11.7 Å². The first kappa shape index (κ1) is 20.3. The summed E-state index contributed by atoms with van der Waals surface area (Å²) in [6.45, 7) is 4.49. The highest BCUT2D eigenvalue weighted by Crippen LogP contribution is 2.36. The third-order valence-corrected chi connectivity index (χ3v) is 5.12. The molecule has 1 aliphatic rings. The minimum Gasteiger partial charge on any atom is -0.398 e. The summed E-state index contributed by atoms with van der Waals surface area (Å²) in [5, 5.41) is 0.898. The number of carbonyl (C=O) groups excluding carboxylic acids is 1. The van der Waals surface area contributed by atoms with E-state index in [-0.39, 0.29) is 24.4 Å². The molecule has 1 aliphatic carbocycles. The van der Waals surface area contributed by atoms with Gasteiger partial charge in [-0.3, -0.25) is 4.79 Å². The highest BCUT2D eigenvalue weighted by atomic mass is 35.5. The number of ketones is 1. The number of hydrogen-bond acceptors (Lipinski definition) is 3. The molecule has 1 fully saturated rings. The fourth-order valence-electron chi connectivity index (χ4n) is 2.94. The van der Waals surface area contributed by atoms with Crippen molar-refractivity contribution in [3.05, 3.63) is 39.4 Å². The first-order chi connectivity index (χ1) is 12.0. The molecule has 0 spiro atoms. The Bertz CT molecular complexity index is 612. The van der Waals surface area contributed by atoms with Gasteiger partial charge in [-0.25, -0.2) is 0 Å².